The zero-order valence-corrected chi connectivity index (χ0v) is 15.8. The van der Waals surface area contributed by atoms with Crippen molar-refractivity contribution in [2.24, 2.45) is 11.5 Å². The Morgan fingerprint density at radius 3 is 1.86 bits per heavy atom. The molecule has 0 spiro atoms. The number of primary amides is 1. The van der Waals surface area contributed by atoms with Gasteiger partial charge in [0.1, 0.15) is 18.1 Å². The second-order valence-corrected chi connectivity index (χ2v) is 6.11. The summed E-state index contributed by atoms with van der Waals surface area (Å²) in [5.41, 5.74) is 10.3. The Kier molecular flexibility index (Phi) is 10.6. The van der Waals surface area contributed by atoms with Gasteiger partial charge in [-0.2, -0.15) is 12.6 Å². The summed E-state index contributed by atoms with van der Waals surface area (Å²) in [6.45, 7) is 1.23. The Hall–Kier alpha value is -2.87. The van der Waals surface area contributed by atoms with E-state index in [-0.39, 0.29) is 5.75 Å². The van der Waals surface area contributed by atoms with E-state index >= 15 is 0 Å². The van der Waals surface area contributed by atoms with Crippen molar-refractivity contribution in [3.8, 4) is 0 Å². The summed E-state index contributed by atoms with van der Waals surface area (Å²) < 4.78 is 0. The number of carbonyl (C=O) groups is 6. The number of hydrogen-bond donors (Lipinski definition) is 8. The number of amides is 4. The van der Waals surface area contributed by atoms with Gasteiger partial charge in [-0.3, -0.25) is 24.0 Å². The van der Waals surface area contributed by atoms with Crippen LogP contribution in [0.5, 0.6) is 0 Å². The molecule has 158 valence electrons. The van der Waals surface area contributed by atoms with Gasteiger partial charge in [0, 0.05) is 5.75 Å². The monoisotopic (exact) mass is 421 g/mol. The average molecular weight is 421 g/mol. The maximum absolute atomic E-state index is 12.1. The summed E-state index contributed by atoms with van der Waals surface area (Å²) in [7, 11) is 0. The Labute approximate surface area is 165 Å². The van der Waals surface area contributed by atoms with Crippen LogP contribution in [0.25, 0.3) is 0 Å². The number of carboxylic acid groups (broad SMARTS) is 2. The molecule has 0 rings (SSSR count). The van der Waals surface area contributed by atoms with Crippen LogP contribution in [0.1, 0.15) is 19.8 Å². The first kappa shape index (κ1) is 25.1. The minimum Gasteiger partial charge on any atom is -0.481 e. The summed E-state index contributed by atoms with van der Waals surface area (Å²) in [5.74, 6) is -6.76. The Bertz CT molecular complexity index is 643. The summed E-state index contributed by atoms with van der Waals surface area (Å²) in [6, 6.07) is -5.54. The minimum atomic E-state index is -1.61. The van der Waals surface area contributed by atoms with Crippen molar-refractivity contribution in [1.82, 2.24) is 16.0 Å². The van der Waals surface area contributed by atoms with Crippen molar-refractivity contribution in [2.75, 3.05) is 5.75 Å². The van der Waals surface area contributed by atoms with Crippen LogP contribution in [0.3, 0.4) is 0 Å². The predicted molar refractivity (Wildman–Crippen MR) is 97.0 cm³/mol. The molecule has 13 nitrogen and oxygen atoms in total. The number of thiol groups is 1. The summed E-state index contributed by atoms with van der Waals surface area (Å²) in [5, 5.41) is 24.1. The summed E-state index contributed by atoms with van der Waals surface area (Å²) >= 11 is 3.76. The molecule has 0 fully saturated rings. The van der Waals surface area contributed by atoms with Crippen LogP contribution < -0.4 is 27.4 Å². The molecule has 0 aliphatic rings. The fourth-order valence-corrected chi connectivity index (χ4v) is 2.08. The molecule has 4 atom stereocenters. The van der Waals surface area contributed by atoms with Crippen LogP contribution >= 0.6 is 12.6 Å². The van der Waals surface area contributed by atoms with Crippen molar-refractivity contribution in [3.05, 3.63) is 0 Å². The largest absolute Gasteiger partial charge is 0.481 e. The molecule has 14 heteroatoms. The van der Waals surface area contributed by atoms with E-state index in [2.05, 4.69) is 23.3 Å². The third-order valence-electron chi connectivity index (χ3n) is 3.32. The maximum Gasteiger partial charge on any atom is 0.327 e. The van der Waals surface area contributed by atoms with Gasteiger partial charge in [0.2, 0.25) is 23.6 Å². The van der Waals surface area contributed by atoms with Gasteiger partial charge < -0.3 is 37.6 Å². The molecule has 9 N–H and O–H groups in total. The lowest BCUT2D eigenvalue weighted by Gasteiger charge is -2.22. The molecule has 0 saturated heterocycles. The Morgan fingerprint density at radius 2 is 1.43 bits per heavy atom. The van der Waals surface area contributed by atoms with E-state index in [0.717, 1.165) is 0 Å². The van der Waals surface area contributed by atoms with Crippen LogP contribution in [0.15, 0.2) is 0 Å². The smallest absolute Gasteiger partial charge is 0.327 e. The van der Waals surface area contributed by atoms with E-state index in [0.29, 0.717) is 0 Å². The lowest BCUT2D eigenvalue weighted by Crippen LogP contribution is -2.57. The van der Waals surface area contributed by atoms with E-state index in [9.17, 15) is 28.8 Å². The van der Waals surface area contributed by atoms with Gasteiger partial charge in [-0.15, -0.1) is 0 Å². The van der Waals surface area contributed by atoms with Gasteiger partial charge in [0.05, 0.1) is 18.9 Å². The molecule has 0 saturated carbocycles. The van der Waals surface area contributed by atoms with Crippen LogP contribution in [0.4, 0.5) is 0 Å². The molecule has 4 amide bonds. The number of nitrogens with two attached hydrogens (primary N) is 2. The van der Waals surface area contributed by atoms with Gasteiger partial charge in [-0.1, -0.05) is 0 Å². The first-order valence-corrected chi connectivity index (χ1v) is 8.52. The maximum atomic E-state index is 12.1. The quantitative estimate of drug-likeness (QED) is 0.144. The van der Waals surface area contributed by atoms with Gasteiger partial charge in [0.15, 0.2) is 0 Å². The lowest BCUT2D eigenvalue weighted by molar-refractivity contribution is -0.143. The zero-order chi connectivity index (χ0) is 22.0. The highest BCUT2D eigenvalue weighted by molar-refractivity contribution is 7.80. The van der Waals surface area contributed by atoms with Crippen LogP contribution in [-0.2, 0) is 28.8 Å². The van der Waals surface area contributed by atoms with Crippen LogP contribution in [0, 0.1) is 0 Å². The fourth-order valence-electron chi connectivity index (χ4n) is 1.83. The predicted octanol–water partition coefficient (Wildman–Crippen LogP) is -3.85. The molecular weight excluding hydrogens is 398 g/mol. The van der Waals surface area contributed by atoms with E-state index in [1.165, 1.54) is 6.92 Å². The molecule has 4 unspecified atom stereocenters. The molecule has 0 bridgehead atoms. The van der Waals surface area contributed by atoms with Crippen molar-refractivity contribution in [3.63, 3.8) is 0 Å². The molecule has 0 aromatic rings. The van der Waals surface area contributed by atoms with Gasteiger partial charge >= 0.3 is 11.9 Å². The molecule has 0 aliphatic heterocycles. The zero-order valence-electron chi connectivity index (χ0n) is 14.9. The third kappa shape index (κ3) is 9.18. The third-order valence-corrected chi connectivity index (χ3v) is 3.68. The van der Waals surface area contributed by atoms with E-state index in [1.54, 1.807) is 0 Å². The van der Waals surface area contributed by atoms with Crippen molar-refractivity contribution in [1.29, 1.82) is 0 Å². The van der Waals surface area contributed by atoms with Gasteiger partial charge in [-0.25, -0.2) is 4.79 Å². The minimum absolute atomic E-state index is 0.265. The number of hydrogen-bond acceptors (Lipinski definition) is 8. The second-order valence-electron chi connectivity index (χ2n) is 5.75. The summed E-state index contributed by atoms with van der Waals surface area (Å²) in [4.78, 5) is 68.7. The van der Waals surface area contributed by atoms with Crippen molar-refractivity contribution < 1.29 is 39.0 Å². The van der Waals surface area contributed by atoms with E-state index in [4.69, 9.17) is 21.7 Å². The molecule has 0 aromatic carbocycles. The van der Waals surface area contributed by atoms with E-state index < -0.39 is 72.6 Å². The number of nitrogens with one attached hydrogen (secondary N) is 3. The number of rotatable bonds is 12. The first-order valence-electron chi connectivity index (χ1n) is 7.89. The molecule has 0 radical (unpaired) electrons. The second kappa shape index (κ2) is 11.8. The van der Waals surface area contributed by atoms with E-state index in [1.807, 2.05) is 5.32 Å². The SMILES string of the molecule is CC(NC(=O)C(N)CC(N)=O)C(=O)NC(CC(=O)O)C(=O)NC(CS)C(=O)O. The average Bonchev–Trinajstić information content (AvgIpc) is 2.57. The highest BCUT2D eigenvalue weighted by atomic mass is 32.1. The Balaban J connectivity index is 5.02. The summed E-state index contributed by atoms with van der Waals surface area (Å²) in [6.07, 6.45) is -1.29. The van der Waals surface area contributed by atoms with Crippen molar-refractivity contribution in [2.45, 2.75) is 43.9 Å². The van der Waals surface area contributed by atoms with Crippen LogP contribution in [0.2, 0.25) is 0 Å². The number of aliphatic carboxylic acids is 2. The first-order chi connectivity index (χ1) is 12.9. The van der Waals surface area contributed by atoms with Crippen LogP contribution in [-0.4, -0.2) is 75.7 Å². The number of carboxylic acids is 2. The molecule has 0 heterocycles. The molecular formula is C14H23N5O8S. The number of carbonyl (C=O) groups excluding carboxylic acids is 4. The topological polar surface area (TPSA) is 231 Å². The standard InChI is InChI=1S/C14H23N5O8S/c1-5(17-12(24)6(15)2-9(16)20)11(23)18-7(3-10(21)22)13(25)19-8(4-28)14(26)27/h5-8,28H,2-4,15H2,1H3,(H2,16,20)(H,17,24)(H,18,23)(H,19,25)(H,21,22)(H,26,27). The van der Waals surface area contributed by atoms with Gasteiger partial charge in [-0.05, 0) is 6.92 Å². The fraction of sp³-hybridized carbons (Fsp3) is 0.571. The Morgan fingerprint density at radius 1 is 0.893 bits per heavy atom. The molecule has 28 heavy (non-hydrogen) atoms. The van der Waals surface area contributed by atoms with Crippen molar-refractivity contribution >= 4 is 48.2 Å². The highest BCUT2D eigenvalue weighted by Crippen LogP contribution is 1.98. The molecule has 0 aromatic heterocycles. The highest BCUT2D eigenvalue weighted by Gasteiger charge is 2.30. The van der Waals surface area contributed by atoms with Gasteiger partial charge in [0.25, 0.3) is 0 Å². The normalized spacial score (nSPS) is 14.7. The lowest BCUT2D eigenvalue weighted by atomic mass is 10.1. The molecule has 0 aliphatic carbocycles.